The topological polar surface area (TPSA) is 28.0 Å². The average molecular weight is 367 g/mol. The van der Waals surface area contributed by atoms with Crippen LogP contribution in [0, 0.1) is 13.8 Å². The van der Waals surface area contributed by atoms with Gasteiger partial charge in [0.05, 0.1) is 32.2 Å². The van der Waals surface area contributed by atoms with Gasteiger partial charge >= 0.3 is 0 Å². The number of aryl methyl sites for hydroxylation is 1. The van der Waals surface area contributed by atoms with E-state index in [0.717, 1.165) is 26.2 Å². The van der Waals surface area contributed by atoms with Crippen molar-refractivity contribution in [2.45, 2.75) is 26.8 Å². The van der Waals surface area contributed by atoms with Gasteiger partial charge in [-0.1, -0.05) is 42.5 Å². The van der Waals surface area contributed by atoms with E-state index in [2.05, 4.69) is 56.0 Å². The highest BCUT2D eigenvalue weighted by atomic mass is 16.2. The summed E-state index contributed by atoms with van der Waals surface area (Å²) in [5.41, 5.74) is 5.24. The normalized spacial score (nSPS) is 16.2. The molecule has 1 heterocycles. The van der Waals surface area contributed by atoms with Crippen molar-refractivity contribution in [3.8, 4) is 0 Å². The molecular weight excluding hydrogens is 334 g/mol. The number of hydrogen-bond acceptors (Lipinski definition) is 2. The summed E-state index contributed by atoms with van der Waals surface area (Å²) in [5, 5.41) is 0. The number of quaternary nitrogens is 1. The van der Waals surface area contributed by atoms with Crippen LogP contribution in [-0.4, -0.2) is 50.6 Å². The molecule has 4 nitrogen and oxygen atoms in total. The second-order valence-corrected chi connectivity index (χ2v) is 7.72. The number of rotatable bonds is 5. The standard InChI is InChI=1S/C23H31N3O/c1-18-9-8-12-22(19(18)2)26-15-13-25(14-16-26)17-23(27)24(4)20(3)21-10-6-5-7-11-21/h5-12,20H,13-17H2,1-4H3/p+1/t20-/m1/s1. The molecule has 27 heavy (non-hydrogen) atoms. The van der Waals surface area contributed by atoms with Crippen LogP contribution in [-0.2, 0) is 4.79 Å². The lowest BCUT2D eigenvalue weighted by molar-refractivity contribution is -0.892. The van der Waals surface area contributed by atoms with Crippen LogP contribution in [0.2, 0.25) is 0 Å². The van der Waals surface area contributed by atoms with Gasteiger partial charge in [-0.15, -0.1) is 0 Å². The minimum absolute atomic E-state index is 0.106. The Bertz CT molecular complexity index is 766. The van der Waals surface area contributed by atoms with Gasteiger partial charge in [0, 0.05) is 12.7 Å². The lowest BCUT2D eigenvalue weighted by atomic mass is 10.1. The van der Waals surface area contributed by atoms with Crippen molar-refractivity contribution in [2.24, 2.45) is 0 Å². The fourth-order valence-electron chi connectivity index (χ4n) is 3.83. The van der Waals surface area contributed by atoms with E-state index in [9.17, 15) is 4.79 Å². The summed E-state index contributed by atoms with van der Waals surface area (Å²) in [6, 6.07) is 16.9. The molecule has 2 aromatic carbocycles. The predicted molar refractivity (Wildman–Crippen MR) is 111 cm³/mol. The molecule has 2 aromatic rings. The molecule has 1 atom stereocenters. The van der Waals surface area contributed by atoms with Crippen LogP contribution in [0.4, 0.5) is 5.69 Å². The van der Waals surface area contributed by atoms with Crippen LogP contribution >= 0.6 is 0 Å². The first-order valence-corrected chi connectivity index (χ1v) is 9.92. The summed E-state index contributed by atoms with van der Waals surface area (Å²) in [4.78, 5) is 18.5. The molecule has 1 saturated heterocycles. The van der Waals surface area contributed by atoms with E-state index in [1.54, 1.807) is 0 Å². The molecule has 1 aliphatic rings. The smallest absolute Gasteiger partial charge is 0.278 e. The summed E-state index contributed by atoms with van der Waals surface area (Å²) >= 11 is 0. The monoisotopic (exact) mass is 366 g/mol. The fraction of sp³-hybridized carbons (Fsp3) is 0.435. The van der Waals surface area contributed by atoms with Crippen molar-refractivity contribution in [3.05, 3.63) is 65.2 Å². The van der Waals surface area contributed by atoms with Gasteiger partial charge in [0.2, 0.25) is 0 Å². The molecule has 1 fully saturated rings. The number of anilines is 1. The van der Waals surface area contributed by atoms with Crippen molar-refractivity contribution < 1.29 is 9.69 Å². The molecule has 0 bridgehead atoms. The molecule has 1 amide bonds. The maximum atomic E-state index is 12.8. The SMILES string of the molecule is Cc1cccc(N2CC[NH+](CC(=O)N(C)[C@H](C)c3ccccc3)CC2)c1C. The molecule has 0 saturated carbocycles. The number of likely N-dealkylation sites (N-methyl/N-ethyl adjacent to an activating group) is 1. The molecule has 1 aliphatic heterocycles. The van der Waals surface area contributed by atoms with Crippen LogP contribution < -0.4 is 9.80 Å². The zero-order valence-corrected chi connectivity index (χ0v) is 17.0. The molecule has 0 spiro atoms. The third-order valence-electron chi connectivity index (χ3n) is 6.04. The first kappa shape index (κ1) is 19.4. The molecule has 144 valence electrons. The molecule has 3 rings (SSSR count). The predicted octanol–water partition coefficient (Wildman–Crippen LogP) is 2.23. The van der Waals surface area contributed by atoms with Crippen LogP contribution in [0.15, 0.2) is 48.5 Å². The second kappa shape index (κ2) is 8.57. The highest BCUT2D eigenvalue weighted by Gasteiger charge is 2.26. The van der Waals surface area contributed by atoms with Crippen molar-refractivity contribution in [3.63, 3.8) is 0 Å². The third kappa shape index (κ3) is 4.51. The van der Waals surface area contributed by atoms with Gasteiger partial charge in [-0.25, -0.2) is 0 Å². The Balaban J connectivity index is 1.54. The highest BCUT2D eigenvalue weighted by molar-refractivity contribution is 5.77. The fourth-order valence-corrected chi connectivity index (χ4v) is 3.83. The van der Waals surface area contributed by atoms with Gasteiger partial charge in [-0.2, -0.15) is 0 Å². The maximum absolute atomic E-state index is 12.8. The number of benzene rings is 2. The zero-order chi connectivity index (χ0) is 19.4. The highest BCUT2D eigenvalue weighted by Crippen LogP contribution is 2.22. The van der Waals surface area contributed by atoms with Crippen LogP contribution in [0.5, 0.6) is 0 Å². The average Bonchev–Trinajstić information content (AvgIpc) is 2.70. The lowest BCUT2D eigenvalue weighted by Crippen LogP contribution is -3.15. The zero-order valence-electron chi connectivity index (χ0n) is 17.0. The quantitative estimate of drug-likeness (QED) is 0.879. The number of amides is 1. The largest absolute Gasteiger partial charge is 0.360 e. The van der Waals surface area contributed by atoms with E-state index in [1.165, 1.54) is 27.3 Å². The number of nitrogens with one attached hydrogen (secondary N) is 1. The second-order valence-electron chi connectivity index (χ2n) is 7.72. The summed E-state index contributed by atoms with van der Waals surface area (Å²) in [6.07, 6.45) is 0. The van der Waals surface area contributed by atoms with Gasteiger partial charge < -0.3 is 14.7 Å². The Morgan fingerprint density at radius 2 is 1.74 bits per heavy atom. The van der Waals surface area contributed by atoms with Crippen molar-refractivity contribution in [2.75, 3.05) is 44.7 Å². The first-order valence-electron chi connectivity index (χ1n) is 9.92. The molecule has 0 aromatic heterocycles. The van der Waals surface area contributed by atoms with Crippen molar-refractivity contribution in [1.82, 2.24) is 4.90 Å². The van der Waals surface area contributed by atoms with Crippen LogP contribution in [0.25, 0.3) is 0 Å². The summed E-state index contributed by atoms with van der Waals surface area (Å²) in [7, 11) is 1.92. The lowest BCUT2D eigenvalue weighted by Gasteiger charge is -2.35. The van der Waals surface area contributed by atoms with E-state index in [-0.39, 0.29) is 11.9 Å². The van der Waals surface area contributed by atoms with Gasteiger partial charge in [0.25, 0.3) is 5.91 Å². The molecule has 4 heteroatoms. The van der Waals surface area contributed by atoms with Gasteiger partial charge in [-0.05, 0) is 43.5 Å². The van der Waals surface area contributed by atoms with Crippen molar-refractivity contribution >= 4 is 11.6 Å². The molecule has 0 unspecified atom stereocenters. The first-order chi connectivity index (χ1) is 13.0. The minimum atomic E-state index is 0.106. The van der Waals surface area contributed by atoms with Crippen LogP contribution in [0.3, 0.4) is 0 Å². The Morgan fingerprint density at radius 1 is 1.07 bits per heavy atom. The summed E-state index contributed by atoms with van der Waals surface area (Å²) in [5.74, 6) is 0.224. The number of hydrogen-bond donors (Lipinski definition) is 1. The maximum Gasteiger partial charge on any atom is 0.278 e. The molecule has 0 aliphatic carbocycles. The minimum Gasteiger partial charge on any atom is -0.360 e. The van der Waals surface area contributed by atoms with E-state index in [4.69, 9.17) is 0 Å². The van der Waals surface area contributed by atoms with E-state index in [1.807, 2.05) is 30.1 Å². The Labute approximate surface area is 163 Å². The van der Waals surface area contributed by atoms with E-state index in [0.29, 0.717) is 6.54 Å². The number of nitrogens with zero attached hydrogens (tertiary/aromatic N) is 2. The van der Waals surface area contributed by atoms with E-state index < -0.39 is 0 Å². The molecular formula is C23H32N3O+. The number of carbonyl (C=O) groups is 1. The summed E-state index contributed by atoms with van der Waals surface area (Å²) < 4.78 is 0. The Kier molecular flexibility index (Phi) is 6.17. The van der Waals surface area contributed by atoms with Crippen LogP contribution in [0.1, 0.15) is 29.7 Å². The number of piperazine rings is 1. The molecule has 0 radical (unpaired) electrons. The van der Waals surface area contributed by atoms with Crippen molar-refractivity contribution in [1.29, 1.82) is 0 Å². The summed E-state index contributed by atoms with van der Waals surface area (Å²) in [6.45, 7) is 11.1. The van der Waals surface area contributed by atoms with E-state index >= 15 is 0 Å². The van der Waals surface area contributed by atoms with Gasteiger partial charge in [0.15, 0.2) is 6.54 Å². The molecule has 1 N–H and O–H groups in total. The van der Waals surface area contributed by atoms with Gasteiger partial charge in [-0.3, -0.25) is 4.79 Å². The Hall–Kier alpha value is -2.33. The Morgan fingerprint density at radius 3 is 2.41 bits per heavy atom. The number of carbonyl (C=O) groups excluding carboxylic acids is 1. The van der Waals surface area contributed by atoms with Gasteiger partial charge in [0.1, 0.15) is 0 Å². The third-order valence-corrected chi connectivity index (χ3v) is 6.04.